The van der Waals surface area contributed by atoms with Crippen molar-refractivity contribution in [1.29, 1.82) is 0 Å². The maximum absolute atomic E-state index is 13.9. The topological polar surface area (TPSA) is 62.7 Å². The lowest BCUT2D eigenvalue weighted by molar-refractivity contribution is 0.615. The van der Waals surface area contributed by atoms with Crippen molar-refractivity contribution in [3.63, 3.8) is 0 Å². The van der Waals surface area contributed by atoms with Crippen molar-refractivity contribution < 1.29 is 4.39 Å². The van der Waals surface area contributed by atoms with E-state index in [0.717, 1.165) is 34.7 Å². The highest BCUT2D eigenvalue weighted by molar-refractivity contribution is 9.10. The molecule has 0 spiro atoms. The summed E-state index contributed by atoms with van der Waals surface area (Å²) in [7, 11) is 0. The van der Waals surface area contributed by atoms with Gasteiger partial charge in [-0.2, -0.15) is 0 Å². The van der Waals surface area contributed by atoms with Gasteiger partial charge in [-0.15, -0.1) is 0 Å². The molecule has 0 unspecified atom stereocenters. The van der Waals surface area contributed by atoms with Crippen LogP contribution in [-0.2, 0) is 0 Å². The second-order valence-corrected chi connectivity index (χ2v) is 7.72. The lowest BCUT2D eigenvalue weighted by Gasteiger charge is -2.15. The van der Waals surface area contributed by atoms with Gasteiger partial charge in [-0.25, -0.2) is 19.3 Å². The minimum Gasteiger partial charge on any atom is -0.365 e. The first-order valence-corrected chi connectivity index (χ1v) is 9.34. The van der Waals surface area contributed by atoms with Crippen LogP contribution in [-0.4, -0.2) is 27.0 Å². The van der Waals surface area contributed by atoms with Crippen LogP contribution >= 0.6 is 27.3 Å². The summed E-state index contributed by atoms with van der Waals surface area (Å²) in [5.74, 6) is -0.0222. The number of halogens is 2. The zero-order chi connectivity index (χ0) is 16.5. The van der Waals surface area contributed by atoms with E-state index >= 15 is 0 Å². The Balaban J connectivity index is 1.39. The fourth-order valence-corrected chi connectivity index (χ4v) is 4.15. The standard InChI is InChI=1S/C16H15BrFN5S/c17-9-6-12(18)14(20-8-9)21-10-3-4-11(7-10)22-16-23-13-2-1-5-19-15(13)24-16/h1-2,5-6,8,10-11H,3-4,7H2,(H,20,21)(H,22,23)/t10-,11-/m0/s1. The molecule has 3 aromatic heterocycles. The van der Waals surface area contributed by atoms with Gasteiger partial charge in [-0.3, -0.25) is 0 Å². The zero-order valence-corrected chi connectivity index (χ0v) is 15.1. The molecule has 2 N–H and O–H groups in total. The molecule has 2 atom stereocenters. The Hall–Kier alpha value is -1.80. The number of hydrogen-bond acceptors (Lipinski definition) is 6. The highest BCUT2D eigenvalue weighted by Crippen LogP contribution is 2.29. The maximum Gasteiger partial charge on any atom is 0.185 e. The minimum atomic E-state index is -0.335. The van der Waals surface area contributed by atoms with E-state index in [9.17, 15) is 4.39 Å². The molecule has 3 heterocycles. The molecule has 1 saturated carbocycles. The number of nitrogens with one attached hydrogen (secondary N) is 2. The van der Waals surface area contributed by atoms with Crippen LogP contribution in [0.1, 0.15) is 19.3 Å². The summed E-state index contributed by atoms with van der Waals surface area (Å²) in [5, 5.41) is 7.57. The number of nitrogens with zero attached hydrogens (tertiary/aromatic N) is 3. The predicted octanol–water partition coefficient (Wildman–Crippen LogP) is 4.43. The Labute approximate surface area is 150 Å². The Morgan fingerprint density at radius 2 is 2.04 bits per heavy atom. The third-order valence-electron chi connectivity index (χ3n) is 4.08. The molecule has 0 bridgehead atoms. The molecule has 1 aliphatic carbocycles. The third-order valence-corrected chi connectivity index (χ3v) is 5.42. The molecule has 3 aromatic rings. The largest absolute Gasteiger partial charge is 0.365 e. The van der Waals surface area contributed by atoms with Crippen LogP contribution in [0.15, 0.2) is 35.1 Å². The number of fused-ring (bicyclic) bond motifs is 1. The molecule has 124 valence electrons. The van der Waals surface area contributed by atoms with Gasteiger partial charge < -0.3 is 10.6 Å². The number of aromatic nitrogens is 3. The molecule has 1 aliphatic rings. The highest BCUT2D eigenvalue weighted by Gasteiger charge is 2.26. The summed E-state index contributed by atoms with van der Waals surface area (Å²) in [5.41, 5.74) is 0.916. The van der Waals surface area contributed by atoms with Gasteiger partial charge in [0.2, 0.25) is 0 Å². The molecule has 8 heteroatoms. The molecular formula is C16H15BrFN5S. The summed E-state index contributed by atoms with van der Waals surface area (Å²) < 4.78 is 14.5. The van der Waals surface area contributed by atoms with Crippen LogP contribution < -0.4 is 10.6 Å². The van der Waals surface area contributed by atoms with Crippen molar-refractivity contribution in [3.05, 3.63) is 40.9 Å². The third kappa shape index (κ3) is 3.34. The molecule has 24 heavy (non-hydrogen) atoms. The van der Waals surface area contributed by atoms with E-state index in [1.54, 1.807) is 23.7 Å². The molecule has 0 radical (unpaired) electrons. The van der Waals surface area contributed by atoms with Gasteiger partial charge in [0.1, 0.15) is 10.3 Å². The Bertz CT molecular complexity index is 838. The molecule has 0 saturated heterocycles. The van der Waals surface area contributed by atoms with Gasteiger partial charge in [0.25, 0.3) is 0 Å². The van der Waals surface area contributed by atoms with E-state index in [-0.39, 0.29) is 11.9 Å². The van der Waals surface area contributed by atoms with Gasteiger partial charge in [-0.05, 0) is 53.4 Å². The quantitative estimate of drug-likeness (QED) is 0.669. The normalized spacial score (nSPS) is 20.4. The maximum atomic E-state index is 13.9. The van der Waals surface area contributed by atoms with Crippen LogP contribution in [0.4, 0.5) is 15.3 Å². The Morgan fingerprint density at radius 1 is 1.21 bits per heavy atom. The average molecular weight is 408 g/mol. The Kier molecular flexibility index (Phi) is 4.32. The number of hydrogen-bond donors (Lipinski definition) is 2. The summed E-state index contributed by atoms with van der Waals surface area (Å²) in [4.78, 5) is 13.9. The van der Waals surface area contributed by atoms with E-state index in [1.807, 2.05) is 12.1 Å². The van der Waals surface area contributed by atoms with E-state index < -0.39 is 0 Å². The minimum absolute atomic E-state index is 0.207. The predicted molar refractivity (Wildman–Crippen MR) is 98.0 cm³/mol. The smallest absolute Gasteiger partial charge is 0.185 e. The zero-order valence-electron chi connectivity index (χ0n) is 12.7. The van der Waals surface area contributed by atoms with Crippen LogP contribution in [0.2, 0.25) is 0 Å². The van der Waals surface area contributed by atoms with Crippen molar-refractivity contribution in [2.75, 3.05) is 10.6 Å². The summed E-state index contributed by atoms with van der Waals surface area (Å²) in [6.45, 7) is 0. The van der Waals surface area contributed by atoms with Crippen LogP contribution in [0.25, 0.3) is 10.3 Å². The van der Waals surface area contributed by atoms with Gasteiger partial charge >= 0.3 is 0 Å². The molecule has 5 nitrogen and oxygen atoms in total. The van der Waals surface area contributed by atoms with Crippen LogP contribution in [0.3, 0.4) is 0 Å². The number of rotatable bonds is 4. The van der Waals surface area contributed by atoms with E-state index in [1.165, 1.54) is 6.07 Å². The van der Waals surface area contributed by atoms with Crippen molar-refractivity contribution >= 4 is 48.6 Å². The van der Waals surface area contributed by atoms with Crippen molar-refractivity contribution in [2.24, 2.45) is 0 Å². The van der Waals surface area contributed by atoms with Crippen LogP contribution in [0.5, 0.6) is 0 Å². The SMILES string of the molecule is Fc1cc(Br)cnc1N[C@H]1CC[C@H](Nc2nc3cccnc3s2)C1. The summed E-state index contributed by atoms with van der Waals surface area (Å²) in [6.07, 6.45) is 6.27. The first-order valence-electron chi connectivity index (χ1n) is 7.73. The molecule has 0 amide bonds. The van der Waals surface area contributed by atoms with E-state index in [4.69, 9.17) is 0 Å². The first kappa shape index (κ1) is 15.7. The fourth-order valence-electron chi connectivity index (χ4n) is 2.96. The van der Waals surface area contributed by atoms with Gasteiger partial charge in [0.15, 0.2) is 16.8 Å². The van der Waals surface area contributed by atoms with Crippen molar-refractivity contribution in [2.45, 2.75) is 31.3 Å². The summed E-state index contributed by atoms with van der Waals surface area (Å²) in [6, 6.07) is 5.81. The monoisotopic (exact) mass is 407 g/mol. The first-order chi connectivity index (χ1) is 11.7. The van der Waals surface area contributed by atoms with E-state index in [2.05, 4.69) is 41.5 Å². The summed E-state index contributed by atoms with van der Waals surface area (Å²) >= 11 is 4.78. The lowest BCUT2D eigenvalue weighted by atomic mass is 10.2. The van der Waals surface area contributed by atoms with Crippen molar-refractivity contribution in [3.8, 4) is 0 Å². The number of pyridine rings is 2. The second kappa shape index (κ2) is 6.60. The van der Waals surface area contributed by atoms with Gasteiger partial charge in [0, 0.05) is 29.0 Å². The molecule has 4 rings (SSSR count). The van der Waals surface area contributed by atoms with Crippen molar-refractivity contribution in [1.82, 2.24) is 15.0 Å². The molecule has 0 aromatic carbocycles. The van der Waals surface area contributed by atoms with Crippen LogP contribution in [0, 0.1) is 5.82 Å². The molecule has 0 aliphatic heterocycles. The lowest BCUT2D eigenvalue weighted by Crippen LogP contribution is -2.21. The fraction of sp³-hybridized carbons (Fsp3) is 0.312. The average Bonchev–Trinajstić information content (AvgIpc) is 3.16. The van der Waals surface area contributed by atoms with Gasteiger partial charge in [-0.1, -0.05) is 11.3 Å². The molecular weight excluding hydrogens is 393 g/mol. The number of anilines is 2. The highest BCUT2D eigenvalue weighted by atomic mass is 79.9. The second-order valence-electron chi connectivity index (χ2n) is 5.83. The molecule has 1 fully saturated rings. The Morgan fingerprint density at radius 3 is 2.83 bits per heavy atom. The van der Waals surface area contributed by atoms with Gasteiger partial charge in [0.05, 0.1) is 0 Å². The number of thiazole rings is 1. The van der Waals surface area contributed by atoms with E-state index in [0.29, 0.717) is 16.3 Å².